The molecule has 0 fully saturated rings. The number of halogens is 2. The van der Waals surface area contributed by atoms with Crippen molar-refractivity contribution in [1.29, 1.82) is 0 Å². The van der Waals surface area contributed by atoms with Gasteiger partial charge in [0.05, 0.1) is 5.02 Å². The predicted octanol–water partition coefficient (Wildman–Crippen LogP) is 5.73. The molecule has 0 atom stereocenters. The van der Waals surface area contributed by atoms with Crippen molar-refractivity contribution in [3.05, 3.63) is 75.3 Å². The summed E-state index contributed by atoms with van der Waals surface area (Å²) in [5.41, 5.74) is 2.70. The molecular weight excluding hydrogens is 341 g/mol. The van der Waals surface area contributed by atoms with Crippen LogP contribution < -0.4 is 0 Å². The normalized spacial score (nSPS) is 11.4. The van der Waals surface area contributed by atoms with Crippen LogP contribution >= 0.6 is 23.2 Å². The molecule has 24 heavy (non-hydrogen) atoms. The molecule has 0 unspecified atom stereocenters. The van der Waals surface area contributed by atoms with Crippen molar-refractivity contribution in [2.75, 3.05) is 13.1 Å². The van der Waals surface area contributed by atoms with E-state index in [-0.39, 0.29) is 5.78 Å². The Morgan fingerprint density at radius 3 is 2.46 bits per heavy atom. The van der Waals surface area contributed by atoms with Crippen LogP contribution in [-0.2, 0) is 6.54 Å². The highest BCUT2D eigenvalue weighted by atomic mass is 35.5. The Bertz CT molecular complexity index is 736. The van der Waals surface area contributed by atoms with E-state index in [0.29, 0.717) is 15.6 Å². The Morgan fingerprint density at radius 2 is 1.79 bits per heavy atom. The molecule has 0 heterocycles. The summed E-state index contributed by atoms with van der Waals surface area (Å²) in [5.74, 6) is -0.130. The Morgan fingerprint density at radius 1 is 1.08 bits per heavy atom. The summed E-state index contributed by atoms with van der Waals surface area (Å²) in [5, 5.41) is 0.888. The van der Waals surface area contributed by atoms with E-state index in [1.54, 1.807) is 24.3 Å². The lowest BCUT2D eigenvalue weighted by atomic mass is 10.0. The van der Waals surface area contributed by atoms with Crippen LogP contribution in [0.4, 0.5) is 0 Å². The number of allylic oxidation sites excluding steroid dienone is 1. The van der Waals surface area contributed by atoms with Crippen LogP contribution in [-0.4, -0.2) is 23.8 Å². The second-order valence-electron chi connectivity index (χ2n) is 5.48. The maximum atomic E-state index is 12.4. The largest absolute Gasteiger partial charge is 0.300 e. The quantitative estimate of drug-likeness (QED) is 0.463. The molecule has 0 saturated carbocycles. The highest BCUT2D eigenvalue weighted by Crippen LogP contribution is 2.22. The molecule has 0 saturated heterocycles. The predicted molar refractivity (Wildman–Crippen MR) is 103 cm³/mol. The summed E-state index contributed by atoms with van der Waals surface area (Å²) in [6, 6.07) is 13.0. The third-order valence-electron chi connectivity index (χ3n) is 3.95. The number of benzene rings is 2. The minimum Gasteiger partial charge on any atom is -0.300 e. The van der Waals surface area contributed by atoms with Crippen LogP contribution in [0.25, 0.3) is 6.08 Å². The molecule has 4 heteroatoms. The zero-order chi connectivity index (χ0) is 17.5. The fourth-order valence-electron chi connectivity index (χ4n) is 2.47. The van der Waals surface area contributed by atoms with Gasteiger partial charge in [-0.1, -0.05) is 67.4 Å². The van der Waals surface area contributed by atoms with Crippen LogP contribution in [0, 0.1) is 0 Å². The van der Waals surface area contributed by atoms with E-state index in [2.05, 4.69) is 24.8 Å². The molecule has 0 N–H and O–H groups in total. The average Bonchev–Trinajstić information content (AvgIpc) is 2.58. The molecule has 0 radical (unpaired) electrons. The molecule has 0 aromatic heterocycles. The van der Waals surface area contributed by atoms with Gasteiger partial charge in [-0.3, -0.25) is 9.69 Å². The van der Waals surface area contributed by atoms with Gasteiger partial charge < -0.3 is 0 Å². The molecule has 0 bridgehead atoms. The highest BCUT2D eigenvalue weighted by molar-refractivity contribution is 6.37. The van der Waals surface area contributed by atoms with Gasteiger partial charge in [-0.2, -0.15) is 0 Å². The Kier molecular flexibility index (Phi) is 7.04. The fraction of sp³-hybridized carbons (Fsp3) is 0.250. The monoisotopic (exact) mass is 361 g/mol. The molecule has 2 nitrogen and oxygen atoms in total. The number of carbonyl (C=O) groups excluding carboxylic acids is 1. The first-order chi connectivity index (χ1) is 11.5. The minimum absolute atomic E-state index is 0.130. The third kappa shape index (κ3) is 4.94. The summed E-state index contributed by atoms with van der Waals surface area (Å²) >= 11 is 12.0. The molecule has 0 amide bonds. The van der Waals surface area contributed by atoms with Gasteiger partial charge in [-0.25, -0.2) is 0 Å². The van der Waals surface area contributed by atoms with E-state index in [1.807, 2.05) is 24.3 Å². The first-order valence-corrected chi connectivity index (χ1v) is 8.78. The number of ketones is 1. The van der Waals surface area contributed by atoms with E-state index in [9.17, 15) is 4.79 Å². The van der Waals surface area contributed by atoms with Gasteiger partial charge in [0.2, 0.25) is 0 Å². The average molecular weight is 362 g/mol. The molecule has 2 rings (SSSR count). The van der Waals surface area contributed by atoms with Gasteiger partial charge in [-0.05, 0) is 48.5 Å². The Hall–Kier alpha value is -1.61. The number of carbonyl (C=O) groups is 1. The molecule has 2 aromatic carbocycles. The molecule has 0 spiro atoms. The lowest BCUT2D eigenvalue weighted by Crippen LogP contribution is -2.22. The van der Waals surface area contributed by atoms with E-state index >= 15 is 0 Å². The Balaban J connectivity index is 2.21. The Labute approximate surface area is 153 Å². The standard InChI is InChI=1S/C20H21Cl2NO/c1-3-23(4-2)14-16-8-6-5-7-15(16)9-12-20(24)18-11-10-17(21)13-19(18)22/h5-13H,3-4,14H2,1-2H3/b12-9+. The summed E-state index contributed by atoms with van der Waals surface area (Å²) in [7, 11) is 0. The molecule has 2 aromatic rings. The van der Waals surface area contributed by atoms with Crippen molar-refractivity contribution in [1.82, 2.24) is 4.90 Å². The van der Waals surface area contributed by atoms with Crippen molar-refractivity contribution in [3.63, 3.8) is 0 Å². The van der Waals surface area contributed by atoms with E-state index in [1.165, 1.54) is 5.56 Å². The van der Waals surface area contributed by atoms with Gasteiger partial charge in [0.1, 0.15) is 0 Å². The van der Waals surface area contributed by atoms with Gasteiger partial charge in [0.25, 0.3) is 0 Å². The number of nitrogens with zero attached hydrogens (tertiary/aromatic N) is 1. The third-order valence-corrected chi connectivity index (χ3v) is 4.50. The first kappa shape index (κ1) is 18.7. The van der Waals surface area contributed by atoms with E-state index in [4.69, 9.17) is 23.2 Å². The molecular formula is C20H21Cl2NO. The molecule has 0 aliphatic heterocycles. The van der Waals surface area contributed by atoms with Crippen LogP contribution in [0.3, 0.4) is 0 Å². The lowest BCUT2D eigenvalue weighted by Gasteiger charge is -2.19. The minimum atomic E-state index is -0.130. The number of rotatable bonds is 7. The van der Waals surface area contributed by atoms with Gasteiger partial charge >= 0.3 is 0 Å². The zero-order valence-corrected chi connectivity index (χ0v) is 15.4. The van der Waals surface area contributed by atoms with Crippen molar-refractivity contribution in [3.8, 4) is 0 Å². The van der Waals surface area contributed by atoms with Crippen LogP contribution in [0.5, 0.6) is 0 Å². The smallest absolute Gasteiger partial charge is 0.187 e. The van der Waals surface area contributed by atoms with Crippen LogP contribution in [0.2, 0.25) is 10.0 Å². The second-order valence-corrected chi connectivity index (χ2v) is 6.33. The lowest BCUT2D eigenvalue weighted by molar-refractivity contribution is 0.104. The zero-order valence-electron chi connectivity index (χ0n) is 13.9. The first-order valence-electron chi connectivity index (χ1n) is 8.02. The summed E-state index contributed by atoms with van der Waals surface area (Å²) in [4.78, 5) is 14.7. The fourth-order valence-corrected chi connectivity index (χ4v) is 2.98. The van der Waals surface area contributed by atoms with Gasteiger partial charge in [0.15, 0.2) is 5.78 Å². The van der Waals surface area contributed by atoms with Crippen LogP contribution in [0.15, 0.2) is 48.5 Å². The van der Waals surface area contributed by atoms with E-state index < -0.39 is 0 Å². The summed E-state index contributed by atoms with van der Waals surface area (Å²) < 4.78 is 0. The summed E-state index contributed by atoms with van der Waals surface area (Å²) in [6.45, 7) is 7.15. The molecule has 0 aliphatic rings. The molecule has 0 aliphatic carbocycles. The summed E-state index contributed by atoms with van der Waals surface area (Å²) in [6.07, 6.45) is 3.42. The van der Waals surface area contributed by atoms with Crippen molar-refractivity contribution < 1.29 is 4.79 Å². The molecule has 126 valence electrons. The van der Waals surface area contributed by atoms with Gasteiger partial charge in [-0.15, -0.1) is 0 Å². The van der Waals surface area contributed by atoms with Crippen molar-refractivity contribution in [2.24, 2.45) is 0 Å². The van der Waals surface area contributed by atoms with Crippen molar-refractivity contribution >= 4 is 35.1 Å². The highest BCUT2D eigenvalue weighted by Gasteiger charge is 2.09. The van der Waals surface area contributed by atoms with Crippen LogP contribution in [0.1, 0.15) is 35.3 Å². The maximum absolute atomic E-state index is 12.4. The maximum Gasteiger partial charge on any atom is 0.187 e. The number of hydrogen-bond acceptors (Lipinski definition) is 2. The SMILES string of the molecule is CCN(CC)Cc1ccccc1/C=C/C(=O)c1ccc(Cl)cc1Cl. The number of hydrogen-bond donors (Lipinski definition) is 0. The van der Waals surface area contributed by atoms with E-state index in [0.717, 1.165) is 25.2 Å². The second kappa shape index (κ2) is 9.03. The topological polar surface area (TPSA) is 20.3 Å². The van der Waals surface area contributed by atoms with Gasteiger partial charge in [0, 0.05) is 17.1 Å². The van der Waals surface area contributed by atoms with Crippen molar-refractivity contribution in [2.45, 2.75) is 20.4 Å².